The van der Waals surface area contributed by atoms with Crippen molar-refractivity contribution in [3.8, 4) is 0 Å². The van der Waals surface area contributed by atoms with Crippen LogP contribution in [0.5, 0.6) is 0 Å². The van der Waals surface area contributed by atoms with Gasteiger partial charge < -0.3 is 10.0 Å². The summed E-state index contributed by atoms with van der Waals surface area (Å²) in [5.41, 5.74) is 0.275. The standard InChI is InChI=1S/C12H20N2O3/c1-12(2,3)10-8(6-13(4)5)9(15)7-14(10)11(16)17/h6,10H,7H2,1-5H3,(H,16,17)/b8-6-. The zero-order valence-electron chi connectivity index (χ0n) is 11.0. The van der Waals surface area contributed by atoms with E-state index in [1.165, 1.54) is 4.90 Å². The molecule has 96 valence electrons. The van der Waals surface area contributed by atoms with Gasteiger partial charge in [-0.25, -0.2) is 4.79 Å². The van der Waals surface area contributed by atoms with Crippen molar-refractivity contribution in [2.75, 3.05) is 20.6 Å². The molecule has 1 amide bonds. The Labute approximate surface area is 102 Å². The highest BCUT2D eigenvalue weighted by Crippen LogP contribution is 2.35. The quantitative estimate of drug-likeness (QED) is 0.704. The molecule has 17 heavy (non-hydrogen) atoms. The van der Waals surface area contributed by atoms with Gasteiger partial charge in [-0.3, -0.25) is 9.69 Å². The van der Waals surface area contributed by atoms with E-state index in [4.69, 9.17) is 5.11 Å². The molecule has 5 nitrogen and oxygen atoms in total. The van der Waals surface area contributed by atoms with Gasteiger partial charge in [-0.2, -0.15) is 0 Å². The fraction of sp³-hybridized carbons (Fsp3) is 0.667. The number of nitrogens with zero attached hydrogens (tertiary/aromatic N) is 2. The van der Waals surface area contributed by atoms with E-state index < -0.39 is 6.09 Å². The molecule has 0 aromatic rings. The summed E-state index contributed by atoms with van der Waals surface area (Å²) in [5.74, 6) is -0.110. The van der Waals surface area contributed by atoms with E-state index in [0.717, 1.165) is 0 Å². The summed E-state index contributed by atoms with van der Waals surface area (Å²) in [6.45, 7) is 5.78. The average molecular weight is 240 g/mol. The predicted octanol–water partition coefficient (Wildman–Crippen LogP) is 1.41. The Hall–Kier alpha value is -1.52. The summed E-state index contributed by atoms with van der Waals surface area (Å²) < 4.78 is 0. The molecule has 1 saturated heterocycles. The third kappa shape index (κ3) is 2.78. The topological polar surface area (TPSA) is 60.9 Å². The third-order valence-corrected chi connectivity index (χ3v) is 2.71. The van der Waals surface area contributed by atoms with Crippen molar-refractivity contribution < 1.29 is 14.7 Å². The molecule has 5 heteroatoms. The first-order chi connectivity index (χ1) is 7.64. The maximum absolute atomic E-state index is 11.9. The number of carboxylic acid groups (broad SMARTS) is 1. The van der Waals surface area contributed by atoms with Crippen molar-refractivity contribution in [1.82, 2.24) is 9.80 Å². The van der Waals surface area contributed by atoms with E-state index in [1.807, 2.05) is 34.9 Å². The fourth-order valence-corrected chi connectivity index (χ4v) is 2.19. The minimum absolute atomic E-state index is 0.0447. The van der Waals surface area contributed by atoms with E-state index >= 15 is 0 Å². The van der Waals surface area contributed by atoms with Crippen molar-refractivity contribution >= 4 is 11.9 Å². The van der Waals surface area contributed by atoms with Crippen LogP contribution >= 0.6 is 0 Å². The van der Waals surface area contributed by atoms with Crippen LogP contribution in [-0.2, 0) is 4.79 Å². The molecule has 1 heterocycles. The largest absolute Gasteiger partial charge is 0.465 e. The van der Waals surface area contributed by atoms with Gasteiger partial charge in [0.15, 0.2) is 5.78 Å². The molecule has 0 bridgehead atoms. The number of ketones is 1. The summed E-state index contributed by atoms with van der Waals surface area (Å²) >= 11 is 0. The second kappa shape index (κ2) is 4.39. The lowest BCUT2D eigenvalue weighted by Gasteiger charge is -2.33. The van der Waals surface area contributed by atoms with E-state index in [9.17, 15) is 9.59 Å². The van der Waals surface area contributed by atoms with Crippen LogP contribution in [0.4, 0.5) is 4.79 Å². The predicted molar refractivity (Wildman–Crippen MR) is 64.8 cm³/mol. The van der Waals surface area contributed by atoms with Gasteiger partial charge in [0.25, 0.3) is 0 Å². The first-order valence-corrected chi connectivity index (χ1v) is 5.55. The number of amides is 1. The Morgan fingerprint density at radius 1 is 1.47 bits per heavy atom. The molecule has 1 N–H and O–H groups in total. The lowest BCUT2D eigenvalue weighted by Crippen LogP contribution is -2.43. The Bertz CT molecular complexity index is 366. The maximum Gasteiger partial charge on any atom is 0.408 e. The van der Waals surface area contributed by atoms with Crippen molar-refractivity contribution in [3.05, 3.63) is 11.8 Å². The molecule has 0 aromatic carbocycles. The van der Waals surface area contributed by atoms with E-state index in [-0.39, 0.29) is 23.8 Å². The van der Waals surface area contributed by atoms with Gasteiger partial charge in [0.1, 0.15) is 0 Å². The highest BCUT2D eigenvalue weighted by Gasteiger charge is 2.45. The van der Waals surface area contributed by atoms with Crippen LogP contribution in [0.25, 0.3) is 0 Å². The normalized spacial score (nSPS) is 23.4. The molecule has 1 unspecified atom stereocenters. The molecule has 0 radical (unpaired) electrons. The second-order valence-corrected chi connectivity index (χ2v) is 5.65. The van der Waals surface area contributed by atoms with E-state index in [0.29, 0.717) is 5.57 Å². The van der Waals surface area contributed by atoms with Crippen LogP contribution in [0, 0.1) is 5.41 Å². The lowest BCUT2D eigenvalue weighted by atomic mass is 9.82. The highest BCUT2D eigenvalue weighted by molar-refractivity contribution is 6.03. The number of hydrogen-bond acceptors (Lipinski definition) is 3. The SMILES string of the molecule is CN(C)/C=C1/C(=O)CN(C(=O)O)C1C(C)(C)C. The minimum Gasteiger partial charge on any atom is -0.465 e. The molecular weight excluding hydrogens is 220 g/mol. The number of carbonyl (C=O) groups is 2. The molecular formula is C12H20N2O3. The van der Waals surface area contributed by atoms with Gasteiger partial charge >= 0.3 is 6.09 Å². The van der Waals surface area contributed by atoms with Crippen LogP contribution in [0.1, 0.15) is 20.8 Å². The van der Waals surface area contributed by atoms with Crippen molar-refractivity contribution in [1.29, 1.82) is 0 Å². The molecule has 0 aliphatic carbocycles. The molecule has 0 saturated carbocycles. The van der Waals surface area contributed by atoms with Crippen molar-refractivity contribution in [2.45, 2.75) is 26.8 Å². The third-order valence-electron chi connectivity index (χ3n) is 2.71. The monoisotopic (exact) mass is 240 g/mol. The molecule has 1 aliphatic heterocycles. The number of Topliss-reactive ketones (excluding diaryl/α,β-unsaturated/α-hetero) is 1. The summed E-state index contributed by atoms with van der Waals surface area (Å²) in [4.78, 5) is 26.0. The van der Waals surface area contributed by atoms with Crippen LogP contribution in [0.2, 0.25) is 0 Å². The lowest BCUT2D eigenvalue weighted by molar-refractivity contribution is -0.114. The van der Waals surface area contributed by atoms with Crippen molar-refractivity contribution in [2.24, 2.45) is 5.41 Å². The molecule has 1 fully saturated rings. The number of hydrogen-bond donors (Lipinski definition) is 1. The molecule has 1 atom stereocenters. The Morgan fingerprint density at radius 2 is 2.00 bits per heavy atom. The van der Waals surface area contributed by atoms with E-state index in [2.05, 4.69) is 0 Å². The molecule has 0 spiro atoms. The summed E-state index contributed by atoms with van der Waals surface area (Å²) in [5, 5.41) is 9.15. The second-order valence-electron chi connectivity index (χ2n) is 5.65. The maximum atomic E-state index is 11.9. The zero-order chi connectivity index (χ0) is 13.4. The summed E-state index contributed by atoms with van der Waals surface area (Å²) in [6.07, 6.45) is 0.682. The summed E-state index contributed by atoms with van der Waals surface area (Å²) in [6, 6.07) is -0.380. The minimum atomic E-state index is -1.04. The number of likely N-dealkylation sites (tertiary alicyclic amines) is 1. The van der Waals surface area contributed by atoms with Gasteiger partial charge in [0.05, 0.1) is 12.6 Å². The smallest absolute Gasteiger partial charge is 0.408 e. The molecule has 1 aliphatic rings. The first kappa shape index (κ1) is 13.5. The van der Waals surface area contributed by atoms with Gasteiger partial charge in [0.2, 0.25) is 0 Å². The van der Waals surface area contributed by atoms with Gasteiger partial charge in [0, 0.05) is 25.9 Å². The highest BCUT2D eigenvalue weighted by atomic mass is 16.4. The fourth-order valence-electron chi connectivity index (χ4n) is 2.19. The van der Waals surface area contributed by atoms with Gasteiger partial charge in [-0.1, -0.05) is 20.8 Å². The van der Waals surface area contributed by atoms with Crippen LogP contribution in [-0.4, -0.2) is 53.5 Å². The number of rotatable bonds is 1. The van der Waals surface area contributed by atoms with Crippen molar-refractivity contribution in [3.63, 3.8) is 0 Å². The number of carbonyl (C=O) groups excluding carboxylic acids is 1. The Balaban J connectivity index is 3.20. The Morgan fingerprint density at radius 3 is 2.35 bits per heavy atom. The van der Waals surface area contributed by atoms with Gasteiger partial charge in [-0.05, 0) is 5.41 Å². The summed E-state index contributed by atoms with van der Waals surface area (Å²) in [7, 11) is 3.65. The van der Waals surface area contributed by atoms with E-state index in [1.54, 1.807) is 11.1 Å². The average Bonchev–Trinajstić information content (AvgIpc) is 2.42. The molecule has 0 aromatic heterocycles. The molecule has 1 rings (SSSR count). The van der Waals surface area contributed by atoms with Crippen LogP contribution in [0.15, 0.2) is 11.8 Å². The first-order valence-electron chi connectivity index (χ1n) is 5.55. The Kier molecular flexibility index (Phi) is 3.50. The van der Waals surface area contributed by atoms with Gasteiger partial charge in [-0.15, -0.1) is 0 Å². The zero-order valence-corrected chi connectivity index (χ0v) is 11.0. The van der Waals surface area contributed by atoms with Crippen LogP contribution in [0.3, 0.4) is 0 Å². The van der Waals surface area contributed by atoms with Crippen LogP contribution < -0.4 is 0 Å².